The van der Waals surface area contributed by atoms with Gasteiger partial charge in [0.2, 0.25) is 11.8 Å². The van der Waals surface area contributed by atoms with E-state index in [1.165, 1.54) is 0 Å². The van der Waals surface area contributed by atoms with Crippen molar-refractivity contribution >= 4 is 5.95 Å². The third-order valence-electron chi connectivity index (χ3n) is 3.48. The largest absolute Gasteiger partial charge is 0.478 e. The normalized spacial score (nSPS) is 18.7. The van der Waals surface area contributed by atoms with Crippen molar-refractivity contribution in [3.8, 4) is 5.88 Å². The Kier molecular flexibility index (Phi) is 4.36. The summed E-state index contributed by atoms with van der Waals surface area (Å²) in [5.74, 6) is 2.04. The van der Waals surface area contributed by atoms with E-state index in [2.05, 4.69) is 21.8 Å². The van der Waals surface area contributed by atoms with Gasteiger partial charge in [-0.05, 0) is 32.6 Å². The molecule has 5 nitrogen and oxygen atoms in total. The lowest BCUT2D eigenvalue weighted by Gasteiger charge is -2.33. The molecule has 5 heteroatoms. The Labute approximate surface area is 108 Å². The quantitative estimate of drug-likeness (QED) is 0.876. The average molecular weight is 250 g/mol. The molecular formula is C13H22N4O. The molecule has 0 amide bonds. The lowest BCUT2D eigenvalue weighted by molar-refractivity contribution is 0.324. The molecule has 100 valence electrons. The second kappa shape index (κ2) is 6.00. The van der Waals surface area contributed by atoms with Gasteiger partial charge in [-0.1, -0.05) is 0 Å². The highest BCUT2D eigenvalue weighted by Gasteiger charge is 2.23. The van der Waals surface area contributed by atoms with E-state index in [0.29, 0.717) is 18.4 Å². The molecule has 1 aliphatic heterocycles. The number of nitrogens with two attached hydrogens (primary N) is 1. The number of hydrogen-bond donors (Lipinski definition) is 1. The fourth-order valence-corrected chi connectivity index (χ4v) is 2.34. The van der Waals surface area contributed by atoms with Crippen molar-refractivity contribution in [2.45, 2.75) is 32.7 Å². The molecule has 18 heavy (non-hydrogen) atoms. The first-order valence-corrected chi connectivity index (χ1v) is 6.67. The Bertz CT molecular complexity index is 375. The van der Waals surface area contributed by atoms with Crippen molar-refractivity contribution < 1.29 is 4.74 Å². The van der Waals surface area contributed by atoms with Gasteiger partial charge in [-0.3, -0.25) is 0 Å². The number of rotatable bonds is 4. The molecule has 2 heterocycles. The maximum Gasteiger partial charge on any atom is 0.228 e. The number of piperidine rings is 1. The van der Waals surface area contributed by atoms with Crippen LogP contribution in [0.3, 0.4) is 0 Å². The summed E-state index contributed by atoms with van der Waals surface area (Å²) in [5, 5.41) is 0. The number of hydrogen-bond acceptors (Lipinski definition) is 5. The van der Waals surface area contributed by atoms with Crippen molar-refractivity contribution in [1.29, 1.82) is 0 Å². The van der Waals surface area contributed by atoms with E-state index in [9.17, 15) is 0 Å². The summed E-state index contributed by atoms with van der Waals surface area (Å²) in [7, 11) is 0. The van der Waals surface area contributed by atoms with Gasteiger partial charge >= 0.3 is 0 Å². The molecule has 1 unspecified atom stereocenters. The molecule has 0 bridgehead atoms. The highest BCUT2D eigenvalue weighted by molar-refractivity contribution is 5.32. The molecule has 2 N–H and O–H groups in total. The summed E-state index contributed by atoms with van der Waals surface area (Å²) in [6.07, 6.45) is 3.98. The van der Waals surface area contributed by atoms with Gasteiger partial charge in [0, 0.05) is 31.4 Å². The smallest absolute Gasteiger partial charge is 0.228 e. The van der Waals surface area contributed by atoms with Crippen LogP contribution in [0.5, 0.6) is 5.88 Å². The number of ether oxygens (including phenoxy) is 1. The highest BCUT2D eigenvalue weighted by Crippen LogP contribution is 2.23. The lowest BCUT2D eigenvalue weighted by atomic mass is 9.91. The van der Waals surface area contributed by atoms with Crippen LogP contribution in [0.4, 0.5) is 5.95 Å². The first-order valence-electron chi connectivity index (χ1n) is 6.67. The Morgan fingerprint density at radius 3 is 2.83 bits per heavy atom. The topological polar surface area (TPSA) is 64.3 Å². The van der Waals surface area contributed by atoms with Crippen LogP contribution in [0, 0.1) is 5.92 Å². The monoisotopic (exact) mass is 250 g/mol. The predicted octanol–water partition coefficient (Wildman–Crippen LogP) is 1.44. The standard InChI is InChI=1S/C13H22N4O/c1-3-18-12-4-7-15-13(16-12)17-8-5-11(6-9-17)10(2)14/h4,7,10-11H,3,5-6,8-9,14H2,1-2H3. The summed E-state index contributed by atoms with van der Waals surface area (Å²) < 4.78 is 5.40. The van der Waals surface area contributed by atoms with Gasteiger partial charge in [0.1, 0.15) is 0 Å². The number of aromatic nitrogens is 2. The van der Waals surface area contributed by atoms with Crippen LogP contribution in [-0.2, 0) is 0 Å². The van der Waals surface area contributed by atoms with E-state index >= 15 is 0 Å². The van der Waals surface area contributed by atoms with E-state index < -0.39 is 0 Å². The van der Waals surface area contributed by atoms with Crippen LogP contribution in [-0.4, -0.2) is 35.7 Å². The van der Waals surface area contributed by atoms with Crippen molar-refractivity contribution in [1.82, 2.24) is 9.97 Å². The Hall–Kier alpha value is -1.36. The van der Waals surface area contributed by atoms with Crippen molar-refractivity contribution in [2.24, 2.45) is 11.7 Å². The summed E-state index contributed by atoms with van der Waals surface area (Å²) in [6, 6.07) is 2.07. The molecule has 0 aromatic carbocycles. The molecule has 0 spiro atoms. The molecule has 0 aliphatic carbocycles. The summed E-state index contributed by atoms with van der Waals surface area (Å²) in [6.45, 7) is 6.62. The van der Waals surface area contributed by atoms with E-state index in [-0.39, 0.29) is 6.04 Å². The molecule has 1 aromatic heterocycles. The maximum absolute atomic E-state index is 5.95. The second-order valence-corrected chi connectivity index (χ2v) is 4.81. The van der Waals surface area contributed by atoms with Crippen LogP contribution in [0.25, 0.3) is 0 Å². The molecule has 2 rings (SSSR count). The molecule has 1 saturated heterocycles. The first-order chi connectivity index (χ1) is 8.70. The fourth-order valence-electron chi connectivity index (χ4n) is 2.34. The van der Waals surface area contributed by atoms with Crippen LogP contribution in [0.15, 0.2) is 12.3 Å². The van der Waals surface area contributed by atoms with E-state index in [4.69, 9.17) is 10.5 Å². The molecule has 1 atom stereocenters. The first kappa shape index (κ1) is 13.1. The molecule has 1 aliphatic rings. The van der Waals surface area contributed by atoms with Gasteiger partial charge < -0.3 is 15.4 Å². The van der Waals surface area contributed by atoms with E-state index in [1.54, 1.807) is 12.3 Å². The van der Waals surface area contributed by atoms with Gasteiger partial charge in [0.15, 0.2) is 0 Å². The zero-order valence-electron chi connectivity index (χ0n) is 11.2. The van der Waals surface area contributed by atoms with Crippen molar-refractivity contribution in [2.75, 3.05) is 24.6 Å². The fraction of sp³-hybridized carbons (Fsp3) is 0.692. The molecule has 1 aromatic rings. The predicted molar refractivity (Wildman–Crippen MR) is 71.8 cm³/mol. The highest BCUT2D eigenvalue weighted by atomic mass is 16.5. The minimum absolute atomic E-state index is 0.280. The minimum Gasteiger partial charge on any atom is -0.478 e. The lowest BCUT2D eigenvalue weighted by Crippen LogP contribution is -2.40. The summed E-state index contributed by atoms with van der Waals surface area (Å²) >= 11 is 0. The Balaban J connectivity index is 1.98. The number of nitrogens with zero attached hydrogens (tertiary/aromatic N) is 3. The maximum atomic E-state index is 5.95. The third-order valence-corrected chi connectivity index (χ3v) is 3.48. The molecule has 0 saturated carbocycles. The zero-order chi connectivity index (χ0) is 13.0. The minimum atomic E-state index is 0.280. The zero-order valence-corrected chi connectivity index (χ0v) is 11.2. The van der Waals surface area contributed by atoms with Gasteiger partial charge in [0.25, 0.3) is 0 Å². The summed E-state index contributed by atoms with van der Waals surface area (Å²) in [5.41, 5.74) is 5.95. The Morgan fingerprint density at radius 1 is 1.50 bits per heavy atom. The van der Waals surface area contributed by atoms with Crippen LogP contribution < -0.4 is 15.4 Å². The van der Waals surface area contributed by atoms with Crippen molar-refractivity contribution in [3.05, 3.63) is 12.3 Å². The SMILES string of the molecule is CCOc1ccnc(N2CCC(C(C)N)CC2)n1. The van der Waals surface area contributed by atoms with Gasteiger partial charge in [0.05, 0.1) is 6.61 Å². The third kappa shape index (κ3) is 3.10. The Morgan fingerprint density at radius 2 is 2.22 bits per heavy atom. The molecular weight excluding hydrogens is 228 g/mol. The molecule has 0 radical (unpaired) electrons. The van der Waals surface area contributed by atoms with Crippen LogP contribution in [0.1, 0.15) is 26.7 Å². The summed E-state index contributed by atoms with van der Waals surface area (Å²) in [4.78, 5) is 10.9. The van der Waals surface area contributed by atoms with Crippen LogP contribution in [0.2, 0.25) is 0 Å². The van der Waals surface area contributed by atoms with Gasteiger partial charge in [-0.2, -0.15) is 4.98 Å². The van der Waals surface area contributed by atoms with Crippen LogP contribution >= 0.6 is 0 Å². The number of anilines is 1. The average Bonchev–Trinajstić information content (AvgIpc) is 2.39. The molecule has 1 fully saturated rings. The van der Waals surface area contributed by atoms with Gasteiger partial charge in [-0.25, -0.2) is 4.98 Å². The van der Waals surface area contributed by atoms with Crippen molar-refractivity contribution in [3.63, 3.8) is 0 Å². The second-order valence-electron chi connectivity index (χ2n) is 4.81. The van der Waals surface area contributed by atoms with E-state index in [1.807, 2.05) is 6.92 Å². The van der Waals surface area contributed by atoms with Gasteiger partial charge in [-0.15, -0.1) is 0 Å². The van der Waals surface area contributed by atoms with E-state index in [0.717, 1.165) is 31.9 Å².